The number of hydrogen-bond acceptors (Lipinski definition) is 3. The molecule has 3 fully saturated rings. The van der Waals surface area contributed by atoms with Crippen molar-refractivity contribution in [2.24, 2.45) is 11.8 Å². The molecule has 7 rings (SSSR count). The van der Waals surface area contributed by atoms with Crippen LogP contribution in [0.25, 0.3) is 10.9 Å². The summed E-state index contributed by atoms with van der Waals surface area (Å²) in [6.45, 7) is 6.87. The summed E-state index contributed by atoms with van der Waals surface area (Å²) < 4.78 is 0. The van der Waals surface area contributed by atoms with Crippen LogP contribution in [0.1, 0.15) is 61.9 Å². The van der Waals surface area contributed by atoms with Crippen molar-refractivity contribution in [1.29, 1.82) is 0 Å². The van der Waals surface area contributed by atoms with E-state index in [1.54, 1.807) is 0 Å². The number of nitrogens with zero attached hydrogens (tertiary/aromatic N) is 1. The first kappa shape index (κ1) is 21.3. The Kier molecular flexibility index (Phi) is 5.50. The molecule has 2 saturated heterocycles. The van der Waals surface area contributed by atoms with E-state index in [0.29, 0.717) is 12.0 Å². The Balaban J connectivity index is 1.25. The molecule has 172 valence electrons. The van der Waals surface area contributed by atoms with E-state index in [-0.39, 0.29) is 11.3 Å². The maximum atomic E-state index is 12.8. The number of fused-ring (bicyclic) bond motifs is 4. The normalized spacial score (nSPS) is 28.8. The summed E-state index contributed by atoms with van der Waals surface area (Å²) >= 11 is 1.30. The first-order valence-corrected chi connectivity index (χ1v) is 13.3. The van der Waals surface area contributed by atoms with E-state index in [2.05, 4.69) is 52.5 Å². The Hall–Kier alpha value is -2.24. The molecule has 6 unspecified atom stereocenters. The molecule has 2 aromatic carbocycles. The third kappa shape index (κ3) is 3.79. The van der Waals surface area contributed by atoms with E-state index < -0.39 is 0 Å². The van der Waals surface area contributed by atoms with Crippen molar-refractivity contribution in [3.05, 3.63) is 65.4 Å². The van der Waals surface area contributed by atoms with Gasteiger partial charge in [0.15, 0.2) is 0 Å². The van der Waals surface area contributed by atoms with Gasteiger partial charge in [-0.25, -0.2) is 0 Å². The van der Waals surface area contributed by atoms with Crippen LogP contribution in [0.5, 0.6) is 0 Å². The highest BCUT2D eigenvalue weighted by atomic mass is 32.2. The Labute approximate surface area is 200 Å². The molecular formula is C28H33N3OS. The van der Waals surface area contributed by atoms with Crippen LogP contribution in [0.3, 0.4) is 0 Å². The van der Waals surface area contributed by atoms with Crippen LogP contribution in [-0.2, 0) is 6.42 Å². The number of H-pyrrole nitrogens is 1. The van der Waals surface area contributed by atoms with Gasteiger partial charge in [-0.15, -0.1) is 0 Å². The zero-order valence-corrected chi connectivity index (χ0v) is 20.3. The highest BCUT2D eigenvalue weighted by Crippen LogP contribution is 2.51. The number of nitrogens with one attached hydrogen (secondary N) is 2. The topological polar surface area (TPSA) is 48.1 Å². The standard InChI is InChI=1S/C28H33N3OS/c1-3-19-13-18-14-24-26-22(11-12-31(16-18)27(19)24)23-15-21(9-10-25(23)30-26)33-28(32)29-17(2)20-7-5-4-6-8-20/h4-10,15,17-19,24,27,30H,3,11-14,16H2,1-2H3,(H,29,32). The summed E-state index contributed by atoms with van der Waals surface area (Å²) in [5.41, 5.74) is 5.34. The van der Waals surface area contributed by atoms with Gasteiger partial charge in [-0.2, -0.15) is 0 Å². The largest absolute Gasteiger partial charge is 0.358 e. The van der Waals surface area contributed by atoms with Crippen LogP contribution < -0.4 is 5.32 Å². The first-order chi connectivity index (χ1) is 16.1. The minimum atomic E-state index is -0.00579. The second kappa shape index (κ2) is 8.52. The Bertz CT molecular complexity index is 1170. The van der Waals surface area contributed by atoms with Crippen molar-refractivity contribution in [1.82, 2.24) is 15.2 Å². The number of amides is 1. The highest BCUT2D eigenvalue weighted by molar-refractivity contribution is 8.13. The van der Waals surface area contributed by atoms with Crippen LogP contribution in [0.15, 0.2) is 53.4 Å². The van der Waals surface area contributed by atoms with Gasteiger partial charge in [0.2, 0.25) is 0 Å². The third-order valence-electron chi connectivity index (χ3n) is 8.33. The number of benzene rings is 2. The molecule has 33 heavy (non-hydrogen) atoms. The average molecular weight is 460 g/mol. The summed E-state index contributed by atoms with van der Waals surface area (Å²) in [7, 11) is 0. The molecule has 0 radical (unpaired) electrons. The molecule has 4 nitrogen and oxygen atoms in total. The zero-order chi connectivity index (χ0) is 22.5. The van der Waals surface area contributed by atoms with Crippen molar-refractivity contribution in [2.75, 3.05) is 13.1 Å². The van der Waals surface area contributed by atoms with E-state index in [0.717, 1.165) is 28.7 Å². The van der Waals surface area contributed by atoms with Crippen LogP contribution in [-0.4, -0.2) is 34.3 Å². The lowest BCUT2D eigenvalue weighted by Crippen LogP contribution is -2.56. The number of aromatic amines is 1. The lowest BCUT2D eigenvalue weighted by atomic mass is 9.65. The molecule has 1 aromatic heterocycles. The van der Waals surface area contributed by atoms with Gasteiger partial charge in [-0.05, 0) is 79.1 Å². The minimum absolute atomic E-state index is 0.00241. The molecule has 1 saturated carbocycles. The number of piperidine rings is 2. The molecule has 0 spiro atoms. The Morgan fingerprint density at radius 1 is 1.21 bits per heavy atom. The molecule has 1 amide bonds. The van der Waals surface area contributed by atoms with Gasteiger partial charge in [0.1, 0.15) is 0 Å². The molecule has 2 N–H and O–H groups in total. The maximum Gasteiger partial charge on any atom is 0.284 e. The number of rotatable bonds is 4. The predicted octanol–water partition coefficient (Wildman–Crippen LogP) is 6.49. The van der Waals surface area contributed by atoms with Crippen LogP contribution in [0.4, 0.5) is 4.79 Å². The summed E-state index contributed by atoms with van der Waals surface area (Å²) in [6, 6.07) is 17.3. The van der Waals surface area contributed by atoms with Crippen LogP contribution >= 0.6 is 11.8 Å². The van der Waals surface area contributed by atoms with Gasteiger partial charge in [0, 0.05) is 46.5 Å². The summed E-state index contributed by atoms with van der Waals surface area (Å²) in [5, 5.41) is 4.44. The SMILES string of the molecule is CCC1CC2CC3c4[nH]c5ccc(SC(=O)NC(C)c6ccccc6)cc5c4CCN(C2)C13. The molecule has 3 aromatic rings. The summed E-state index contributed by atoms with van der Waals surface area (Å²) in [4.78, 5) is 20.4. The van der Waals surface area contributed by atoms with E-state index in [1.807, 2.05) is 25.1 Å². The van der Waals surface area contributed by atoms with Crippen LogP contribution in [0, 0.1) is 11.8 Å². The molecule has 3 aliphatic heterocycles. The van der Waals surface area contributed by atoms with Gasteiger partial charge < -0.3 is 10.3 Å². The molecule has 5 heteroatoms. The molecule has 4 bridgehead atoms. The highest BCUT2D eigenvalue weighted by Gasteiger charge is 2.48. The minimum Gasteiger partial charge on any atom is -0.358 e. The second-order valence-electron chi connectivity index (χ2n) is 10.2. The van der Waals surface area contributed by atoms with Gasteiger partial charge in [0.05, 0.1) is 6.04 Å². The fourth-order valence-electron chi connectivity index (χ4n) is 6.87. The van der Waals surface area contributed by atoms with E-state index in [4.69, 9.17) is 0 Å². The predicted molar refractivity (Wildman–Crippen MR) is 136 cm³/mol. The maximum absolute atomic E-state index is 12.8. The van der Waals surface area contributed by atoms with E-state index in [9.17, 15) is 4.79 Å². The smallest absolute Gasteiger partial charge is 0.284 e. The average Bonchev–Trinajstić information content (AvgIpc) is 3.15. The lowest BCUT2D eigenvalue weighted by Gasteiger charge is -2.53. The van der Waals surface area contributed by atoms with Crippen molar-refractivity contribution in [2.45, 2.75) is 62.4 Å². The second-order valence-corrected chi connectivity index (χ2v) is 11.3. The van der Waals surface area contributed by atoms with Gasteiger partial charge in [-0.1, -0.05) is 43.7 Å². The van der Waals surface area contributed by atoms with E-state index in [1.165, 1.54) is 66.3 Å². The van der Waals surface area contributed by atoms with Crippen molar-refractivity contribution < 1.29 is 4.79 Å². The van der Waals surface area contributed by atoms with E-state index >= 15 is 0 Å². The molecule has 4 heterocycles. The third-order valence-corrected chi connectivity index (χ3v) is 9.13. The fraction of sp³-hybridized carbons (Fsp3) is 0.464. The van der Waals surface area contributed by atoms with Crippen molar-refractivity contribution in [3.63, 3.8) is 0 Å². The fourth-order valence-corrected chi connectivity index (χ4v) is 7.64. The van der Waals surface area contributed by atoms with Crippen molar-refractivity contribution >= 4 is 27.9 Å². The quantitative estimate of drug-likeness (QED) is 0.438. The number of carbonyl (C=O) groups excluding carboxylic acids is 1. The monoisotopic (exact) mass is 459 g/mol. The van der Waals surface area contributed by atoms with Gasteiger partial charge in [0.25, 0.3) is 5.24 Å². The summed E-state index contributed by atoms with van der Waals surface area (Å²) in [5.74, 6) is 2.32. The lowest BCUT2D eigenvalue weighted by molar-refractivity contribution is -0.0134. The Morgan fingerprint density at radius 2 is 2.06 bits per heavy atom. The molecular weight excluding hydrogens is 426 g/mol. The molecule has 6 atom stereocenters. The molecule has 4 aliphatic rings. The molecule has 1 aliphatic carbocycles. The number of carbonyl (C=O) groups is 1. The number of hydrogen-bond donors (Lipinski definition) is 2. The van der Waals surface area contributed by atoms with Crippen LogP contribution in [0.2, 0.25) is 0 Å². The number of thioether (sulfide) groups is 1. The van der Waals surface area contributed by atoms with Crippen molar-refractivity contribution in [3.8, 4) is 0 Å². The Morgan fingerprint density at radius 3 is 2.88 bits per heavy atom. The van der Waals surface area contributed by atoms with Gasteiger partial charge >= 0.3 is 0 Å². The number of aromatic nitrogens is 1. The first-order valence-electron chi connectivity index (χ1n) is 12.5. The van der Waals surface area contributed by atoms with Gasteiger partial charge in [-0.3, -0.25) is 9.69 Å². The summed E-state index contributed by atoms with van der Waals surface area (Å²) in [6.07, 6.45) is 5.15. The zero-order valence-electron chi connectivity index (χ0n) is 19.5.